The van der Waals surface area contributed by atoms with Crippen LogP contribution in [0, 0.1) is 11.3 Å². The van der Waals surface area contributed by atoms with Crippen molar-refractivity contribution in [3.8, 4) is 23.4 Å². The highest BCUT2D eigenvalue weighted by Crippen LogP contribution is 2.36. The number of rotatable bonds is 7. The van der Waals surface area contributed by atoms with Gasteiger partial charge < -0.3 is 9.47 Å². The summed E-state index contributed by atoms with van der Waals surface area (Å²) in [5.41, 5.74) is -1.26. The molecule has 0 bridgehead atoms. The lowest BCUT2D eigenvalue weighted by Gasteiger charge is -2.18. The summed E-state index contributed by atoms with van der Waals surface area (Å²) in [7, 11) is 1.39. The molecule has 8 nitrogen and oxygen atoms in total. The van der Waals surface area contributed by atoms with Crippen molar-refractivity contribution in [3.05, 3.63) is 69.2 Å². The van der Waals surface area contributed by atoms with E-state index in [0.717, 1.165) is 10.9 Å². The first kappa shape index (κ1) is 22.1. The quantitative estimate of drug-likeness (QED) is 0.541. The molecule has 0 N–H and O–H groups in total. The zero-order chi connectivity index (χ0) is 22.6. The van der Waals surface area contributed by atoms with Crippen LogP contribution in [0.4, 0.5) is 8.78 Å². The molecule has 31 heavy (non-hydrogen) atoms. The molecule has 0 spiro atoms. The summed E-state index contributed by atoms with van der Waals surface area (Å²) in [6, 6.07) is 5.84. The Balaban J connectivity index is 2.13. The van der Waals surface area contributed by atoms with Crippen molar-refractivity contribution in [3.63, 3.8) is 0 Å². The number of nitriles is 1. The Morgan fingerprint density at radius 3 is 2.65 bits per heavy atom. The molecular formula is C20H16ClF2N5O3. The Morgan fingerprint density at radius 2 is 1.97 bits per heavy atom. The van der Waals surface area contributed by atoms with Crippen molar-refractivity contribution < 1.29 is 18.3 Å². The van der Waals surface area contributed by atoms with Crippen LogP contribution in [0.5, 0.6) is 17.4 Å². The molecule has 0 unspecified atom stereocenters. The second kappa shape index (κ2) is 9.06. The first-order chi connectivity index (χ1) is 14.8. The lowest BCUT2D eigenvalue weighted by molar-refractivity contribution is -0.0151. The summed E-state index contributed by atoms with van der Waals surface area (Å²) >= 11 is 5.96. The third-order valence-electron chi connectivity index (χ3n) is 4.26. The molecule has 0 saturated heterocycles. The molecule has 0 amide bonds. The summed E-state index contributed by atoms with van der Waals surface area (Å²) in [4.78, 5) is 25.0. The zero-order valence-electron chi connectivity index (χ0n) is 16.5. The number of aromatic nitrogens is 4. The van der Waals surface area contributed by atoms with Crippen molar-refractivity contribution in [1.29, 1.82) is 5.26 Å². The summed E-state index contributed by atoms with van der Waals surface area (Å²) in [6.07, 6.45) is 3.20. The minimum absolute atomic E-state index is 0.0501. The van der Waals surface area contributed by atoms with Gasteiger partial charge in [-0.2, -0.15) is 14.0 Å². The topological polar surface area (TPSA) is 103 Å². The number of hydrogen-bond acceptors (Lipinski definition) is 7. The maximum absolute atomic E-state index is 14.5. The van der Waals surface area contributed by atoms with Crippen molar-refractivity contribution in [2.75, 3.05) is 7.11 Å². The third-order valence-corrected chi connectivity index (χ3v) is 4.47. The van der Waals surface area contributed by atoms with Crippen LogP contribution in [0.3, 0.4) is 0 Å². The molecule has 0 atom stereocenters. The summed E-state index contributed by atoms with van der Waals surface area (Å²) in [5, 5.41) is 9.24. The van der Waals surface area contributed by atoms with Crippen LogP contribution in [0.15, 0.2) is 41.7 Å². The average Bonchev–Trinajstić information content (AvgIpc) is 2.76. The highest BCUT2D eigenvalue weighted by Gasteiger charge is 2.37. The fourth-order valence-electron chi connectivity index (χ4n) is 2.70. The number of ether oxygens (including phenoxy) is 2. The van der Waals surface area contributed by atoms with Gasteiger partial charge in [-0.3, -0.25) is 14.3 Å². The standard InChI is InChI=1S/C20H16ClF2N5O3/c1-3-20(22,23)17-16(31-14-7-12(9-24)6-13(21)8-14)19(29)28(11-27-17)10-15-18(30-2)26-5-4-25-15/h4-8,11H,3,10H2,1-2H3. The molecule has 0 fully saturated rings. The van der Waals surface area contributed by atoms with Crippen LogP contribution in [-0.4, -0.2) is 26.6 Å². The minimum Gasteiger partial charge on any atom is -0.480 e. The van der Waals surface area contributed by atoms with Gasteiger partial charge in [-0.25, -0.2) is 9.97 Å². The van der Waals surface area contributed by atoms with Gasteiger partial charge in [-0.05, 0) is 18.2 Å². The predicted molar refractivity (Wildman–Crippen MR) is 107 cm³/mol. The maximum atomic E-state index is 14.5. The summed E-state index contributed by atoms with van der Waals surface area (Å²) in [5.74, 6) is -3.98. The van der Waals surface area contributed by atoms with Crippen LogP contribution < -0.4 is 15.0 Å². The third kappa shape index (κ3) is 4.78. The maximum Gasteiger partial charge on any atom is 0.297 e. The highest BCUT2D eigenvalue weighted by molar-refractivity contribution is 6.30. The van der Waals surface area contributed by atoms with E-state index in [0.29, 0.717) is 5.69 Å². The SMILES string of the molecule is CCC(F)(F)c1ncn(Cc2nccnc2OC)c(=O)c1Oc1cc(Cl)cc(C#N)c1. The second-order valence-corrected chi connectivity index (χ2v) is 6.75. The van der Waals surface area contributed by atoms with Gasteiger partial charge >= 0.3 is 0 Å². The predicted octanol–water partition coefficient (Wildman–Crippen LogP) is 3.91. The van der Waals surface area contributed by atoms with Crippen molar-refractivity contribution >= 4 is 11.6 Å². The number of nitrogens with zero attached hydrogens (tertiary/aromatic N) is 5. The van der Waals surface area contributed by atoms with Crippen molar-refractivity contribution in [2.45, 2.75) is 25.8 Å². The monoisotopic (exact) mass is 447 g/mol. The number of benzene rings is 1. The van der Waals surface area contributed by atoms with E-state index < -0.39 is 29.3 Å². The van der Waals surface area contributed by atoms with Crippen LogP contribution >= 0.6 is 11.6 Å². The van der Waals surface area contributed by atoms with E-state index in [1.807, 2.05) is 6.07 Å². The minimum atomic E-state index is -3.42. The molecule has 3 aromatic rings. The van der Waals surface area contributed by atoms with Crippen LogP contribution in [0.25, 0.3) is 0 Å². The van der Waals surface area contributed by atoms with Crippen LogP contribution in [0.2, 0.25) is 5.02 Å². The Hall–Kier alpha value is -3.58. The fourth-order valence-corrected chi connectivity index (χ4v) is 2.93. The first-order valence-electron chi connectivity index (χ1n) is 8.99. The van der Waals surface area contributed by atoms with Gasteiger partial charge in [0.1, 0.15) is 11.4 Å². The van der Waals surface area contributed by atoms with Crippen molar-refractivity contribution in [1.82, 2.24) is 19.5 Å². The lowest BCUT2D eigenvalue weighted by atomic mass is 10.1. The van der Waals surface area contributed by atoms with E-state index in [1.165, 1.54) is 44.6 Å². The molecule has 0 aliphatic heterocycles. The van der Waals surface area contributed by atoms with E-state index in [4.69, 9.17) is 26.3 Å². The Kier molecular flexibility index (Phi) is 6.46. The Bertz CT molecular complexity index is 1210. The van der Waals surface area contributed by atoms with Gasteiger partial charge in [0.05, 0.1) is 31.6 Å². The molecule has 2 heterocycles. The first-order valence-corrected chi connectivity index (χ1v) is 9.37. The zero-order valence-corrected chi connectivity index (χ0v) is 17.2. The normalized spacial score (nSPS) is 11.1. The van der Waals surface area contributed by atoms with E-state index in [2.05, 4.69) is 15.0 Å². The van der Waals surface area contributed by atoms with Gasteiger partial charge in [0.25, 0.3) is 11.5 Å². The smallest absolute Gasteiger partial charge is 0.297 e. The fraction of sp³-hybridized carbons (Fsp3) is 0.250. The highest BCUT2D eigenvalue weighted by atomic mass is 35.5. The van der Waals surface area contributed by atoms with E-state index in [9.17, 15) is 13.6 Å². The molecule has 0 aliphatic rings. The molecule has 160 valence electrons. The lowest BCUT2D eigenvalue weighted by Crippen LogP contribution is -2.28. The number of halogens is 3. The number of methoxy groups -OCH3 is 1. The number of hydrogen-bond donors (Lipinski definition) is 0. The Labute approximate surface area is 180 Å². The molecular weight excluding hydrogens is 432 g/mol. The summed E-state index contributed by atoms with van der Waals surface area (Å²) < 4.78 is 40.7. The van der Waals surface area contributed by atoms with Crippen LogP contribution in [-0.2, 0) is 12.5 Å². The largest absolute Gasteiger partial charge is 0.480 e. The van der Waals surface area contributed by atoms with Gasteiger partial charge in [0.2, 0.25) is 11.6 Å². The van der Waals surface area contributed by atoms with E-state index in [-0.39, 0.29) is 28.8 Å². The van der Waals surface area contributed by atoms with Gasteiger partial charge in [-0.15, -0.1) is 0 Å². The molecule has 2 aromatic heterocycles. The van der Waals surface area contributed by atoms with Crippen LogP contribution in [0.1, 0.15) is 30.3 Å². The van der Waals surface area contributed by atoms with E-state index >= 15 is 0 Å². The number of alkyl halides is 2. The molecule has 0 aliphatic carbocycles. The molecule has 11 heteroatoms. The molecule has 0 radical (unpaired) electrons. The average molecular weight is 448 g/mol. The molecule has 0 saturated carbocycles. The van der Waals surface area contributed by atoms with Gasteiger partial charge in [0, 0.05) is 23.8 Å². The van der Waals surface area contributed by atoms with Gasteiger partial charge in [-0.1, -0.05) is 18.5 Å². The summed E-state index contributed by atoms with van der Waals surface area (Å²) in [6.45, 7) is 1.12. The second-order valence-electron chi connectivity index (χ2n) is 6.32. The molecule has 1 aromatic carbocycles. The van der Waals surface area contributed by atoms with Crippen molar-refractivity contribution in [2.24, 2.45) is 0 Å². The molecule has 3 rings (SSSR count). The van der Waals surface area contributed by atoms with Gasteiger partial charge in [0.15, 0.2) is 5.69 Å². The Morgan fingerprint density at radius 1 is 1.23 bits per heavy atom. The van der Waals surface area contributed by atoms with E-state index in [1.54, 1.807) is 0 Å².